The fourth-order valence-corrected chi connectivity index (χ4v) is 2.80. The van der Waals surface area contributed by atoms with Crippen LogP contribution in [0.5, 0.6) is 5.75 Å². The molecule has 3 aromatic rings. The predicted molar refractivity (Wildman–Crippen MR) is 85.9 cm³/mol. The van der Waals surface area contributed by atoms with Gasteiger partial charge in [-0.15, -0.1) is 0 Å². The second kappa shape index (κ2) is 5.66. The normalized spacial score (nSPS) is 11.0. The minimum absolute atomic E-state index is 0.480. The Hall–Kier alpha value is -2.20. The summed E-state index contributed by atoms with van der Waals surface area (Å²) < 4.78 is 7.32. The van der Waals surface area contributed by atoms with Crippen molar-refractivity contribution in [2.45, 2.75) is 13.0 Å². The molecular weight excluding hydrogens is 286 g/mol. The van der Waals surface area contributed by atoms with E-state index in [1.54, 1.807) is 7.11 Å². The molecule has 0 atom stereocenters. The maximum Gasteiger partial charge on any atom is 0.201 e. The average molecular weight is 302 g/mol. The molecule has 1 heterocycles. The van der Waals surface area contributed by atoms with E-state index < -0.39 is 0 Å². The number of aromatic nitrogens is 2. The van der Waals surface area contributed by atoms with Gasteiger partial charge in [0.1, 0.15) is 5.75 Å². The molecule has 108 valence electrons. The summed E-state index contributed by atoms with van der Waals surface area (Å²) in [5, 5.41) is 0.664. The molecule has 0 radical (unpaired) electrons. The van der Waals surface area contributed by atoms with Crippen molar-refractivity contribution in [1.82, 2.24) is 9.55 Å². The number of methoxy groups -OCH3 is 1. The Bertz CT molecular complexity index is 782. The first-order valence-corrected chi connectivity index (χ1v) is 7.10. The number of nitrogens with two attached hydrogens (primary N) is 1. The molecular formula is C16H16ClN3O. The Morgan fingerprint density at radius 2 is 2.00 bits per heavy atom. The minimum atomic E-state index is 0.480. The summed E-state index contributed by atoms with van der Waals surface area (Å²) in [4.78, 5) is 4.35. The second-order valence-electron chi connectivity index (χ2n) is 4.79. The third-order valence-electron chi connectivity index (χ3n) is 3.54. The molecule has 0 fully saturated rings. The number of anilines is 1. The summed E-state index contributed by atoms with van der Waals surface area (Å²) in [6, 6.07) is 13.6. The quantitative estimate of drug-likeness (QED) is 0.802. The topological polar surface area (TPSA) is 53.1 Å². The average Bonchev–Trinajstić information content (AvgIpc) is 2.82. The molecule has 0 aliphatic heterocycles. The highest BCUT2D eigenvalue weighted by molar-refractivity contribution is 6.35. The summed E-state index contributed by atoms with van der Waals surface area (Å²) >= 11 is 6.27. The summed E-state index contributed by atoms with van der Waals surface area (Å²) in [5.41, 5.74) is 8.85. The van der Waals surface area contributed by atoms with Gasteiger partial charge in [0.15, 0.2) is 0 Å². The van der Waals surface area contributed by atoms with Gasteiger partial charge in [-0.25, -0.2) is 4.98 Å². The number of rotatable bonds is 4. The molecule has 2 N–H and O–H groups in total. The zero-order chi connectivity index (χ0) is 14.8. The van der Waals surface area contributed by atoms with Crippen LogP contribution in [-0.4, -0.2) is 16.7 Å². The van der Waals surface area contributed by atoms with Crippen LogP contribution in [0.25, 0.3) is 11.0 Å². The Morgan fingerprint density at radius 1 is 1.19 bits per heavy atom. The molecule has 0 bridgehead atoms. The van der Waals surface area contributed by atoms with Crippen molar-refractivity contribution in [2.24, 2.45) is 0 Å². The maximum absolute atomic E-state index is 6.27. The number of halogens is 1. The van der Waals surface area contributed by atoms with Crippen molar-refractivity contribution in [2.75, 3.05) is 12.8 Å². The maximum atomic E-state index is 6.27. The van der Waals surface area contributed by atoms with Crippen molar-refractivity contribution < 1.29 is 4.74 Å². The number of imidazole rings is 1. The Balaban J connectivity index is 1.94. The van der Waals surface area contributed by atoms with Crippen LogP contribution in [0.15, 0.2) is 42.5 Å². The molecule has 4 nitrogen and oxygen atoms in total. The number of hydrogen-bond donors (Lipinski definition) is 1. The fourth-order valence-electron chi connectivity index (χ4n) is 2.53. The summed E-state index contributed by atoms with van der Waals surface area (Å²) in [7, 11) is 1.68. The number of ether oxygens (including phenoxy) is 1. The summed E-state index contributed by atoms with van der Waals surface area (Å²) in [6.07, 6.45) is 0.797. The van der Waals surface area contributed by atoms with Gasteiger partial charge in [0.25, 0.3) is 0 Å². The lowest BCUT2D eigenvalue weighted by atomic mass is 10.1. The van der Waals surface area contributed by atoms with Crippen LogP contribution < -0.4 is 10.5 Å². The van der Waals surface area contributed by atoms with E-state index in [9.17, 15) is 0 Å². The number of nitrogens with zero attached hydrogens (tertiary/aromatic N) is 2. The van der Waals surface area contributed by atoms with E-state index in [1.165, 1.54) is 0 Å². The lowest BCUT2D eigenvalue weighted by molar-refractivity contribution is 0.408. The number of aryl methyl sites for hydroxylation is 2. The molecule has 3 rings (SSSR count). The molecule has 21 heavy (non-hydrogen) atoms. The van der Waals surface area contributed by atoms with Gasteiger partial charge in [0, 0.05) is 6.54 Å². The van der Waals surface area contributed by atoms with Crippen LogP contribution in [0, 0.1) is 0 Å². The lowest BCUT2D eigenvalue weighted by Gasteiger charge is -2.10. The van der Waals surface area contributed by atoms with Crippen molar-refractivity contribution in [1.29, 1.82) is 0 Å². The van der Waals surface area contributed by atoms with E-state index >= 15 is 0 Å². The van der Waals surface area contributed by atoms with E-state index in [1.807, 2.05) is 41.0 Å². The smallest absolute Gasteiger partial charge is 0.201 e. The van der Waals surface area contributed by atoms with Gasteiger partial charge in [-0.1, -0.05) is 35.9 Å². The molecule has 2 aromatic carbocycles. The fraction of sp³-hybridized carbons (Fsp3) is 0.188. The van der Waals surface area contributed by atoms with Gasteiger partial charge in [-0.05, 0) is 30.2 Å². The first kappa shape index (κ1) is 13.8. The van der Waals surface area contributed by atoms with Gasteiger partial charge in [-0.2, -0.15) is 0 Å². The molecule has 0 saturated carbocycles. The zero-order valence-electron chi connectivity index (χ0n) is 11.7. The first-order valence-electron chi connectivity index (χ1n) is 6.73. The van der Waals surface area contributed by atoms with E-state index in [4.69, 9.17) is 22.1 Å². The van der Waals surface area contributed by atoms with Gasteiger partial charge in [0.05, 0.1) is 23.2 Å². The van der Waals surface area contributed by atoms with Gasteiger partial charge in [-0.3, -0.25) is 0 Å². The van der Waals surface area contributed by atoms with E-state index in [0.717, 1.165) is 28.8 Å². The first-order chi connectivity index (χ1) is 10.2. The molecule has 5 heteroatoms. The number of benzene rings is 2. The predicted octanol–water partition coefficient (Wildman–Crippen LogP) is 3.52. The highest BCUT2D eigenvalue weighted by Crippen LogP contribution is 2.26. The van der Waals surface area contributed by atoms with Crippen LogP contribution >= 0.6 is 11.6 Å². The monoisotopic (exact) mass is 301 g/mol. The Morgan fingerprint density at radius 3 is 2.81 bits per heavy atom. The SMILES string of the molecule is COc1ccccc1CCn1c(N)nc2cccc(Cl)c21. The van der Waals surface area contributed by atoms with Crippen LogP contribution in [0.3, 0.4) is 0 Å². The van der Waals surface area contributed by atoms with Crippen molar-refractivity contribution >= 4 is 28.6 Å². The van der Waals surface area contributed by atoms with E-state index in [0.29, 0.717) is 17.5 Å². The lowest BCUT2D eigenvalue weighted by Crippen LogP contribution is -2.06. The molecule has 0 aliphatic rings. The Kier molecular flexibility index (Phi) is 3.71. The minimum Gasteiger partial charge on any atom is -0.496 e. The van der Waals surface area contributed by atoms with E-state index in [2.05, 4.69) is 11.1 Å². The molecule has 1 aromatic heterocycles. The number of para-hydroxylation sites is 2. The molecule has 0 saturated heterocycles. The third kappa shape index (κ3) is 2.54. The van der Waals surface area contributed by atoms with Gasteiger partial charge in [0.2, 0.25) is 5.95 Å². The number of fused-ring (bicyclic) bond motifs is 1. The molecule has 0 spiro atoms. The Labute approximate surface area is 128 Å². The van der Waals surface area contributed by atoms with Crippen LogP contribution in [0.4, 0.5) is 5.95 Å². The molecule has 0 unspecified atom stereocenters. The standard InChI is InChI=1S/C16H16ClN3O/c1-21-14-8-3-2-5-11(14)9-10-20-15-12(17)6-4-7-13(15)19-16(20)18/h2-8H,9-10H2,1H3,(H2,18,19). The van der Waals surface area contributed by atoms with E-state index in [-0.39, 0.29) is 0 Å². The van der Waals surface area contributed by atoms with Gasteiger partial charge < -0.3 is 15.0 Å². The van der Waals surface area contributed by atoms with Crippen LogP contribution in [0.1, 0.15) is 5.56 Å². The third-order valence-corrected chi connectivity index (χ3v) is 3.85. The molecule has 0 aliphatic carbocycles. The summed E-state index contributed by atoms with van der Waals surface area (Å²) in [5.74, 6) is 1.36. The number of nitrogen functional groups attached to an aromatic ring is 1. The largest absolute Gasteiger partial charge is 0.496 e. The van der Waals surface area contributed by atoms with Crippen molar-refractivity contribution in [3.05, 3.63) is 53.1 Å². The second-order valence-corrected chi connectivity index (χ2v) is 5.20. The zero-order valence-corrected chi connectivity index (χ0v) is 12.5. The molecule has 0 amide bonds. The van der Waals surface area contributed by atoms with Gasteiger partial charge >= 0.3 is 0 Å². The highest BCUT2D eigenvalue weighted by atomic mass is 35.5. The summed E-state index contributed by atoms with van der Waals surface area (Å²) in [6.45, 7) is 0.701. The number of hydrogen-bond acceptors (Lipinski definition) is 3. The van der Waals surface area contributed by atoms with Crippen LogP contribution in [0.2, 0.25) is 5.02 Å². The van der Waals surface area contributed by atoms with Crippen LogP contribution in [-0.2, 0) is 13.0 Å². The van der Waals surface area contributed by atoms with Crippen molar-refractivity contribution in [3.63, 3.8) is 0 Å². The highest BCUT2D eigenvalue weighted by Gasteiger charge is 2.11. The van der Waals surface area contributed by atoms with Crippen molar-refractivity contribution in [3.8, 4) is 5.75 Å².